The fraction of sp³-hybridized carbons (Fsp3) is 0.222. The number of rotatable bonds is 4. The molecule has 0 amide bonds. The number of hydrogen-bond donors (Lipinski definition) is 4. The van der Waals surface area contributed by atoms with Gasteiger partial charge in [-0.1, -0.05) is 6.07 Å². The topological polar surface area (TPSA) is 142 Å². The van der Waals surface area contributed by atoms with Crippen molar-refractivity contribution in [2.24, 2.45) is 0 Å². The first-order chi connectivity index (χ1) is 9.14. The normalized spacial score (nSPS) is 14.7. The summed E-state index contributed by atoms with van der Waals surface area (Å²) >= 11 is 0. The lowest BCUT2D eigenvalue weighted by Crippen LogP contribution is -2.12. The number of fused-ring (bicyclic) bond motifs is 1. The molecule has 2 heterocycles. The smallest absolute Gasteiger partial charge is 0.364 e. The number of methoxy groups -OCH3 is 1. The summed E-state index contributed by atoms with van der Waals surface area (Å²) in [6, 6.07) is 2.76. The van der Waals surface area contributed by atoms with Crippen molar-refractivity contribution in [1.82, 2.24) is 9.38 Å². The van der Waals surface area contributed by atoms with Crippen molar-refractivity contribution in [3.05, 3.63) is 30.1 Å². The van der Waals surface area contributed by atoms with Gasteiger partial charge in [-0.2, -0.15) is 0 Å². The minimum absolute atomic E-state index is 0.0843. The van der Waals surface area contributed by atoms with E-state index in [1.54, 1.807) is 0 Å². The van der Waals surface area contributed by atoms with Gasteiger partial charge >= 0.3 is 15.2 Å². The van der Waals surface area contributed by atoms with Crippen molar-refractivity contribution in [2.75, 3.05) is 7.11 Å². The van der Waals surface area contributed by atoms with E-state index in [1.807, 2.05) is 0 Å². The average Bonchev–Trinajstić information content (AvgIpc) is 2.70. The highest BCUT2D eigenvalue weighted by Crippen LogP contribution is 2.52. The number of hydrogen-bond acceptors (Lipinski definition) is 4. The summed E-state index contributed by atoms with van der Waals surface area (Å²) in [5, 5.41) is 0. The van der Waals surface area contributed by atoms with Crippen LogP contribution in [0, 0.1) is 0 Å². The quantitative estimate of drug-likeness (QED) is 0.574. The lowest BCUT2D eigenvalue weighted by molar-refractivity contribution is 0.137. The van der Waals surface area contributed by atoms with Crippen molar-refractivity contribution >= 4 is 26.3 Å². The Morgan fingerprint density at radius 3 is 2.40 bits per heavy atom. The lowest BCUT2D eigenvalue weighted by Gasteiger charge is -2.17. The maximum absolute atomic E-state index is 11.3. The second-order valence-corrected chi connectivity index (χ2v) is 7.22. The number of nitrogens with zero attached hydrogens (tertiary/aromatic N) is 2. The first-order valence-electron chi connectivity index (χ1n) is 5.25. The van der Waals surface area contributed by atoms with Gasteiger partial charge in [-0.25, -0.2) is 4.98 Å². The first-order valence-corrected chi connectivity index (χ1v) is 8.55. The molecule has 0 aliphatic heterocycles. The van der Waals surface area contributed by atoms with Crippen LogP contribution in [0.2, 0.25) is 0 Å². The zero-order valence-electron chi connectivity index (χ0n) is 10.2. The third-order valence-corrected chi connectivity index (χ3v) is 4.67. The predicted octanol–water partition coefficient (Wildman–Crippen LogP) is -0.0400. The summed E-state index contributed by atoms with van der Waals surface area (Å²) in [7, 11) is -7.98. The molecule has 9 nitrogen and oxygen atoms in total. The van der Waals surface area contributed by atoms with Gasteiger partial charge in [-0.3, -0.25) is 13.5 Å². The van der Waals surface area contributed by atoms with Gasteiger partial charge in [0, 0.05) is 18.9 Å². The minimum Gasteiger partial charge on any atom is -0.364 e. The molecule has 2 aromatic heterocycles. The first kappa shape index (κ1) is 15.3. The van der Waals surface area contributed by atoms with Crippen molar-refractivity contribution in [3.63, 3.8) is 0 Å². The third kappa shape index (κ3) is 2.84. The zero-order valence-corrected chi connectivity index (χ0v) is 12.0. The van der Waals surface area contributed by atoms with E-state index in [4.69, 9.17) is 4.74 Å². The second-order valence-electron chi connectivity index (χ2n) is 4.03. The summed E-state index contributed by atoms with van der Waals surface area (Å²) in [4.78, 5) is 40.6. The van der Waals surface area contributed by atoms with Crippen LogP contribution in [0.15, 0.2) is 24.5 Å². The molecule has 0 fully saturated rings. The van der Waals surface area contributed by atoms with Gasteiger partial charge in [0.05, 0.1) is 6.20 Å². The third-order valence-electron chi connectivity index (χ3n) is 2.62. The molecule has 1 unspecified atom stereocenters. The molecule has 1 atom stereocenters. The molecule has 0 spiro atoms. The van der Waals surface area contributed by atoms with Crippen LogP contribution in [0.5, 0.6) is 0 Å². The van der Waals surface area contributed by atoms with Gasteiger partial charge in [0.25, 0.3) is 0 Å². The molecular formula is C9H12N2O7P2. The minimum atomic E-state index is -4.56. The van der Waals surface area contributed by atoms with Crippen molar-refractivity contribution in [3.8, 4) is 0 Å². The van der Waals surface area contributed by atoms with Gasteiger partial charge in [0.15, 0.2) is 11.3 Å². The van der Waals surface area contributed by atoms with Gasteiger partial charge in [-0.05, 0) is 6.07 Å². The SMILES string of the molecule is COC(c1ccc2ncc(P(=O)(O)O)n2c1)P(=O)(O)O. The average molecular weight is 322 g/mol. The van der Waals surface area contributed by atoms with E-state index in [1.165, 1.54) is 18.3 Å². The highest BCUT2D eigenvalue weighted by molar-refractivity contribution is 7.60. The summed E-state index contributed by atoms with van der Waals surface area (Å²) in [5.41, 5.74) is -0.0383. The van der Waals surface area contributed by atoms with Gasteiger partial charge in [0.2, 0.25) is 0 Å². The van der Waals surface area contributed by atoms with Crippen molar-refractivity contribution in [1.29, 1.82) is 0 Å². The molecule has 0 saturated carbocycles. The fourth-order valence-corrected chi connectivity index (χ4v) is 3.28. The molecule has 0 aliphatic rings. The van der Waals surface area contributed by atoms with Gasteiger partial charge in [-0.15, -0.1) is 0 Å². The maximum atomic E-state index is 11.3. The second kappa shape index (κ2) is 5.05. The fourth-order valence-electron chi connectivity index (χ4n) is 1.81. The molecule has 11 heteroatoms. The monoisotopic (exact) mass is 322 g/mol. The van der Waals surface area contributed by atoms with E-state index in [2.05, 4.69) is 4.98 Å². The molecule has 0 saturated heterocycles. The van der Waals surface area contributed by atoms with Crippen LogP contribution in [-0.2, 0) is 13.9 Å². The van der Waals surface area contributed by atoms with Crippen LogP contribution in [0.1, 0.15) is 11.4 Å². The molecule has 0 radical (unpaired) electrons. The Morgan fingerprint density at radius 2 is 1.90 bits per heavy atom. The molecule has 110 valence electrons. The summed E-state index contributed by atoms with van der Waals surface area (Å²) in [6.45, 7) is 0. The Bertz CT molecular complexity index is 731. The summed E-state index contributed by atoms with van der Waals surface area (Å²) in [5.74, 6) is -1.51. The number of aromatic nitrogens is 2. The highest BCUT2D eigenvalue weighted by Gasteiger charge is 2.31. The number of pyridine rings is 1. The molecule has 0 bridgehead atoms. The number of imidazole rings is 1. The van der Waals surface area contributed by atoms with Crippen molar-refractivity contribution in [2.45, 2.75) is 5.85 Å². The zero-order chi connectivity index (χ0) is 15.1. The van der Waals surface area contributed by atoms with E-state index in [0.29, 0.717) is 0 Å². The summed E-state index contributed by atoms with van der Waals surface area (Å²) < 4.78 is 28.5. The van der Waals surface area contributed by atoms with Crippen LogP contribution in [-0.4, -0.2) is 36.1 Å². The Morgan fingerprint density at radius 1 is 1.25 bits per heavy atom. The standard InChI is InChI=1S/C9H12N2O7P2/c1-18-9(20(15,16)17)6-2-3-7-10-4-8(11(7)5-6)19(12,13)14/h2-5,9H,1H3,(H2,12,13,14)(H2,15,16,17). The molecule has 2 rings (SSSR count). The van der Waals surface area contributed by atoms with Crippen molar-refractivity contribution < 1.29 is 33.4 Å². The Balaban J connectivity index is 2.64. The molecule has 0 aliphatic carbocycles. The van der Waals surface area contributed by atoms with Crippen LogP contribution >= 0.6 is 15.2 Å². The van der Waals surface area contributed by atoms with Gasteiger partial charge < -0.3 is 24.3 Å². The Kier molecular flexibility index (Phi) is 3.88. The molecule has 4 N–H and O–H groups in total. The molecular weight excluding hydrogens is 310 g/mol. The number of ether oxygens (including phenoxy) is 1. The highest BCUT2D eigenvalue weighted by atomic mass is 31.2. The molecule has 20 heavy (non-hydrogen) atoms. The van der Waals surface area contributed by atoms with E-state index in [9.17, 15) is 28.7 Å². The molecule has 0 aromatic carbocycles. The van der Waals surface area contributed by atoms with Crippen LogP contribution in [0.3, 0.4) is 0 Å². The van der Waals surface area contributed by atoms with E-state index < -0.39 is 21.0 Å². The van der Waals surface area contributed by atoms with E-state index >= 15 is 0 Å². The van der Waals surface area contributed by atoms with E-state index in [0.717, 1.165) is 17.7 Å². The Labute approximate surface area is 113 Å². The Hall–Kier alpha value is -1.05. The predicted molar refractivity (Wildman–Crippen MR) is 68.7 cm³/mol. The van der Waals surface area contributed by atoms with Crippen LogP contribution in [0.4, 0.5) is 0 Å². The van der Waals surface area contributed by atoms with Gasteiger partial charge in [0.1, 0.15) is 5.65 Å². The van der Waals surface area contributed by atoms with Crippen LogP contribution < -0.4 is 5.44 Å². The molecule has 2 aromatic rings. The lowest BCUT2D eigenvalue weighted by atomic mass is 10.3. The van der Waals surface area contributed by atoms with E-state index in [-0.39, 0.29) is 16.6 Å². The largest absolute Gasteiger partial charge is 0.374 e. The maximum Gasteiger partial charge on any atom is 0.374 e. The van der Waals surface area contributed by atoms with Crippen LogP contribution in [0.25, 0.3) is 5.65 Å². The summed E-state index contributed by atoms with van der Waals surface area (Å²) in [6.07, 6.45) is 2.20.